The molecular weight excluding hydrogens is 210 g/mol. The molecule has 3 rings (SSSR count). The number of aliphatic hydroxyl groups excluding tert-OH is 1. The van der Waals surface area contributed by atoms with Crippen LogP contribution in [0.3, 0.4) is 0 Å². The smallest absolute Gasteiger partial charge is 0.244 e. The molecule has 3 heterocycles. The Bertz CT molecular complexity index is 465. The van der Waals surface area contributed by atoms with E-state index in [1.807, 2.05) is 0 Å². The van der Waals surface area contributed by atoms with Crippen LogP contribution in [0.2, 0.25) is 0 Å². The second-order valence-corrected chi connectivity index (χ2v) is 3.82. The molecule has 0 radical (unpaired) electrons. The first kappa shape index (κ1) is 9.56. The van der Waals surface area contributed by atoms with Gasteiger partial charge in [0.05, 0.1) is 24.0 Å². The zero-order valence-corrected chi connectivity index (χ0v) is 8.46. The fourth-order valence-electron chi connectivity index (χ4n) is 1.79. The van der Waals surface area contributed by atoms with Gasteiger partial charge in [0, 0.05) is 6.54 Å². The molecule has 0 aliphatic carbocycles. The summed E-state index contributed by atoms with van der Waals surface area (Å²) in [6, 6.07) is 1.72. The summed E-state index contributed by atoms with van der Waals surface area (Å²) in [4.78, 5) is 4.26. The second-order valence-electron chi connectivity index (χ2n) is 3.82. The first-order chi connectivity index (χ1) is 7.83. The maximum atomic E-state index is 9.38. The average Bonchev–Trinajstić information content (AvgIpc) is 2.97. The lowest BCUT2D eigenvalue weighted by Crippen LogP contribution is -2.15. The lowest BCUT2D eigenvalue weighted by molar-refractivity contribution is 0.191. The Morgan fingerprint density at radius 3 is 3.12 bits per heavy atom. The molecule has 1 aliphatic rings. The normalized spacial score (nSPS) is 25.1. The molecule has 2 aromatic heterocycles. The maximum absolute atomic E-state index is 9.38. The maximum Gasteiger partial charge on any atom is 0.244 e. The Morgan fingerprint density at radius 1 is 1.50 bits per heavy atom. The summed E-state index contributed by atoms with van der Waals surface area (Å²) in [5.74, 6) is 1.01. The molecule has 0 bridgehead atoms. The van der Waals surface area contributed by atoms with Crippen LogP contribution in [0.5, 0.6) is 0 Å². The van der Waals surface area contributed by atoms with Crippen molar-refractivity contribution in [2.75, 3.05) is 6.54 Å². The van der Waals surface area contributed by atoms with Crippen LogP contribution >= 0.6 is 0 Å². The quantitative estimate of drug-likeness (QED) is 0.777. The van der Waals surface area contributed by atoms with Crippen molar-refractivity contribution in [3.8, 4) is 11.4 Å². The van der Waals surface area contributed by atoms with Gasteiger partial charge in [-0.1, -0.05) is 5.16 Å². The molecule has 0 spiro atoms. The number of β-amino-alcohol motifs (C(OH)–C–C–N with tert-alkyl or cyclic N) is 1. The molecular formula is C10H11N3O3. The van der Waals surface area contributed by atoms with Gasteiger partial charge in [-0.2, -0.15) is 4.98 Å². The molecule has 1 saturated heterocycles. The standard InChI is InChI=1S/C10H11N3O3/c14-7-3-8(11-4-7)10-12-9(13-16-10)6-1-2-15-5-6/h1-2,5,7-8,11,14H,3-4H2/t7-,8-/m0/s1. The summed E-state index contributed by atoms with van der Waals surface area (Å²) in [7, 11) is 0. The summed E-state index contributed by atoms with van der Waals surface area (Å²) in [6.45, 7) is 0.564. The van der Waals surface area contributed by atoms with Crippen molar-refractivity contribution < 1.29 is 14.0 Å². The van der Waals surface area contributed by atoms with Gasteiger partial charge >= 0.3 is 0 Å². The van der Waals surface area contributed by atoms with E-state index in [1.165, 1.54) is 0 Å². The largest absolute Gasteiger partial charge is 0.472 e. The minimum absolute atomic E-state index is 0.0526. The molecule has 2 aromatic rings. The van der Waals surface area contributed by atoms with E-state index in [0.717, 1.165) is 5.56 Å². The second kappa shape index (κ2) is 3.73. The molecule has 2 atom stereocenters. The topological polar surface area (TPSA) is 84.3 Å². The highest BCUT2D eigenvalue weighted by Crippen LogP contribution is 2.24. The highest BCUT2D eigenvalue weighted by atomic mass is 16.5. The van der Waals surface area contributed by atoms with Gasteiger partial charge in [0.25, 0.3) is 0 Å². The van der Waals surface area contributed by atoms with E-state index >= 15 is 0 Å². The van der Waals surface area contributed by atoms with Crippen LogP contribution in [0.25, 0.3) is 11.4 Å². The van der Waals surface area contributed by atoms with E-state index in [-0.39, 0.29) is 12.1 Å². The van der Waals surface area contributed by atoms with E-state index in [4.69, 9.17) is 8.94 Å². The summed E-state index contributed by atoms with van der Waals surface area (Å²) >= 11 is 0. The van der Waals surface area contributed by atoms with Crippen molar-refractivity contribution in [1.82, 2.24) is 15.5 Å². The zero-order chi connectivity index (χ0) is 11.0. The number of rotatable bonds is 2. The predicted molar refractivity (Wildman–Crippen MR) is 53.4 cm³/mol. The van der Waals surface area contributed by atoms with Crippen LogP contribution in [0.15, 0.2) is 27.5 Å². The Morgan fingerprint density at radius 2 is 2.44 bits per heavy atom. The highest BCUT2D eigenvalue weighted by Gasteiger charge is 2.28. The Balaban J connectivity index is 1.83. The van der Waals surface area contributed by atoms with Crippen molar-refractivity contribution >= 4 is 0 Å². The number of nitrogens with zero attached hydrogens (tertiary/aromatic N) is 2. The van der Waals surface area contributed by atoms with E-state index in [0.29, 0.717) is 24.7 Å². The monoisotopic (exact) mass is 221 g/mol. The highest BCUT2D eigenvalue weighted by molar-refractivity contribution is 5.51. The number of furan rings is 1. The van der Waals surface area contributed by atoms with Gasteiger partial charge in [-0.05, 0) is 12.5 Å². The number of hydrogen-bond acceptors (Lipinski definition) is 6. The lowest BCUT2D eigenvalue weighted by Gasteiger charge is -2.01. The van der Waals surface area contributed by atoms with Crippen LogP contribution < -0.4 is 5.32 Å². The number of hydrogen-bond donors (Lipinski definition) is 2. The lowest BCUT2D eigenvalue weighted by atomic mass is 10.2. The summed E-state index contributed by atoms with van der Waals surface area (Å²) in [5.41, 5.74) is 0.786. The predicted octanol–water partition coefficient (Wildman–Crippen LogP) is 0.725. The van der Waals surface area contributed by atoms with Crippen molar-refractivity contribution in [1.29, 1.82) is 0 Å². The van der Waals surface area contributed by atoms with Gasteiger partial charge in [0.1, 0.15) is 6.26 Å². The number of nitrogens with one attached hydrogen (secondary N) is 1. The van der Waals surface area contributed by atoms with Gasteiger partial charge < -0.3 is 19.4 Å². The Hall–Kier alpha value is -1.66. The van der Waals surface area contributed by atoms with E-state index in [9.17, 15) is 5.11 Å². The summed E-state index contributed by atoms with van der Waals surface area (Å²) in [6.07, 6.45) is 3.39. The molecule has 1 fully saturated rings. The van der Waals surface area contributed by atoms with Gasteiger partial charge in [-0.15, -0.1) is 0 Å². The third kappa shape index (κ3) is 1.62. The van der Waals surface area contributed by atoms with Crippen LogP contribution in [0.1, 0.15) is 18.4 Å². The Kier molecular flexibility index (Phi) is 2.23. The van der Waals surface area contributed by atoms with Crippen molar-refractivity contribution in [3.63, 3.8) is 0 Å². The molecule has 6 nitrogen and oxygen atoms in total. The van der Waals surface area contributed by atoms with Crippen LogP contribution in [-0.4, -0.2) is 27.9 Å². The zero-order valence-electron chi connectivity index (χ0n) is 8.46. The third-order valence-electron chi connectivity index (χ3n) is 2.63. The fraction of sp³-hybridized carbons (Fsp3) is 0.400. The van der Waals surface area contributed by atoms with Crippen LogP contribution in [0.4, 0.5) is 0 Å². The van der Waals surface area contributed by atoms with Gasteiger partial charge in [0.15, 0.2) is 0 Å². The third-order valence-corrected chi connectivity index (χ3v) is 2.63. The first-order valence-corrected chi connectivity index (χ1v) is 5.10. The van der Waals surface area contributed by atoms with Crippen molar-refractivity contribution in [3.05, 3.63) is 24.5 Å². The summed E-state index contributed by atoms with van der Waals surface area (Å²) in [5, 5.41) is 16.4. The molecule has 16 heavy (non-hydrogen) atoms. The Labute approximate surface area is 91.3 Å². The summed E-state index contributed by atoms with van der Waals surface area (Å²) < 4.78 is 10.1. The molecule has 0 aromatic carbocycles. The van der Waals surface area contributed by atoms with Crippen molar-refractivity contribution in [2.24, 2.45) is 0 Å². The fourth-order valence-corrected chi connectivity index (χ4v) is 1.79. The SMILES string of the molecule is O[C@@H]1CN[C@H](c2nc(-c3ccoc3)no2)C1. The average molecular weight is 221 g/mol. The first-order valence-electron chi connectivity index (χ1n) is 5.10. The van der Waals surface area contributed by atoms with Crippen molar-refractivity contribution in [2.45, 2.75) is 18.6 Å². The van der Waals surface area contributed by atoms with Gasteiger partial charge in [-0.3, -0.25) is 0 Å². The van der Waals surface area contributed by atoms with Crippen LogP contribution in [-0.2, 0) is 0 Å². The number of aromatic nitrogens is 2. The molecule has 84 valence electrons. The molecule has 0 saturated carbocycles. The van der Waals surface area contributed by atoms with Gasteiger partial charge in [0.2, 0.25) is 11.7 Å². The van der Waals surface area contributed by atoms with E-state index < -0.39 is 0 Å². The minimum Gasteiger partial charge on any atom is -0.472 e. The molecule has 2 N–H and O–H groups in total. The van der Waals surface area contributed by atoms with E-state index in [1.54, 1.807) is 18.6 Å². The molecule has 0 amide bonds. The molecule has 1 aliphatic heterocycles. The van der Waals surface area contributed by atoms with Gasteiger partial charge in [-0.25, -0.2) is 0 Å². The van der Waals surface area contributed by atoms with E-state index in [2.05, 4.69) is 15.5 Å². The van der Waals surface area contributed by atoms with Crippen LogP contribution in [0, 0.1) is 0 Å². The molecule has 6 heteroatoms. The molecule has 0 unspecified atom stereocenters. The number of aliphatic hydroxyl groups is 1. The minimum atomic E-state index is -0.339.